The van der Waals surface area contributed by atoms with E-state index in [2.05, 4.69) is 34.6 Å². The summed E-state index contributed by atoms with van der Waals surface area (Å²) in [4.78, 5) is 7.18. The van der Waals surface area contributed by atoms with Crippen molar-refractivity contribution < 1.29 is 13.9 Å². The summed E-state index contributed by atoms with van der Waals surface area (Å²) in [7, 11) is 0. The number of unbranched alkanes of at least 4 members (excludes halogenated alkanes) is 1. The summed E-state index contributed by atoms with van der Waals surface area (Å²) >= 11 is 0. The minimum atomic E-state index is -0.153. The Morgan fingerprint density at radius 2 is 1.75 bits per heavy atom. The maximum atomic E-state index is 14.4. The van der Waals surface area contributed by atoms with Crippen molar-refractivity contribution in [1.29, 1.82) is 0 Å². The first kappa shape index (κ1) is 24.1. The second-order valence-corrected chi connectivity index (χ2v) is 9.18. The SMILES string of the molecule is CCCCn1c(CN(CCc2ccccc2F)Cc2ccc3c(c2)OCO3)cnc1-c1ccccc1. The number of rotatable bonds is 11. The summed E-state index contributed by atoms with van der Waals surface area (Å²) < 4.78 is 27.8. The first-order valence-corrected chi connectivity index (χ1v) is 12.7. The molecule has 4 aromatic rings. The van der Waals surface area contributed by atoms with Crippen LogP contribution in [0, 0.1) is 5.82 Å². The average Bonchev–Trinajstić information content (AvgIpc) is 3.54. The van der Waals surface area contributed by atoms with Crippen molar-refractivity contribution >= 4 is 0 Å². The molecule has 36 heavy (non-hydrogen) atoms. The number of benzene rings is 3. The highest BCUT2D eigenvalue weighted by atomic mass is 19.1. The number of halogens is 1. The Morgan fingerprint density at radius 1 is 0.944 bits per heavy atom. The van der Waals surface area contributed by atoms with Gasteiger partial charge >= 0.3 is 0 Å². The van der Waals surface area contributed by atoms with E-state index >= 15 is 0 Å². The van der Waals surface area contributed by atoms with Gasteiger partial charge in [0.1, 0.15) is 11.6 Å². The smallest absolute Gasteiger partial charge is 0.231 e. The van der Waals surface area contributed by atoms with E-state index in [9.17, 15) is 4.39 Å². The molecule has 3 aromatic carbocycles. The normalized spacial score (nSPS) is 12.4. The van der Waals surface area contributed by atoms with E-state index in [4.69, 9.17) is 14.5 Å². The summed E-state index contributed by atoms with van der Waals surface area (Å²) in [6.07, 6.45) is 4.82. The van der Waals surface area contributed by atoms with Crippen molar-refractivity contribution in [2.75, 3.05) is 13.3 Å². The lowest BCUT2D eigenvalue weighted by Crippen LogP contribution is -2.27. The third-order valence-electron chi connectivity index (χ3n) is 6.59. The Morgan fingerprint density at radius 3 is 2.58 bits per heavy atom. The minimum Gasteiger partial charge on any atom is -0.454 e. The maximum absolute atomic E-state index is 14.4. The standard InChI is InChI=1S/C30H32FN3O2/c1-2-3-16-34-26(19-32-30(34)25-10-5-4-6-11-25)21-33(17-15-24-9-7-8-12-27(24)31)20-23-13-14-28-29(18-23)36-22-35-28/h4-14,18-19H,2-3,15-17,20-22H2,1H3. The van der Waals surface area contributed by atoms with Gasteiger partial charge in [-0.15, -0.1) is 0 Å². The molecule has 5 nitrogen and oxygen atoms in total. The molecule has 2 heterocycles. The van der Waals surface area contributed by atoms with E-state index < -0.39 is 0 Å². The van der Waals surface area contributed by atoms with Crippen LogP contribution in [-0.4, -0.2) is 27.8 Å². The zero-order chi connectivity index (χ0) is 24.7. The molecule has 0 bridgehead atoms. The largest absolute Gasteiger partial charge is 0.454 e. The first-order chi connectivity index (χ1) is 17.7. The van der Waals surface area contributed by atoms with E-state index in [0.717, 1.165) is 65.6 Å². The molecule has 1 aliphatic heterocycles. The number of hydrogen-bond acceptors (Lipinski definition) is 4. The second kappa shape index (κ2) is 11.4. The van der Waals surface area contributed by atoms with Crippen molar-refractivity contribution in [3.05, 3.63) is 102 Å². The zero-order valence-corrected chi connectivity index (χ0v) is 20.7. The molecule has 0 atom stereocenters. The van der Waals surface area contributed by atoms with Crippen molar-refractivity contribution in [3.63, 3.8) is 0 Å². The van der Waals surface area contributed by atoms with Crippen LogP contribution in [0.1, 0.15) is 36.6 Å². The van der Waals surface area contributed by atoms with Crippen LogP contribution in [0.25, 0.3) is 11.4 Å². The fourth-order valence-electron chi connectivity index (χ4n) is 4.64. The third-order valence-corrected chi connectivity index (χ3v) is 6.59. The molecule has 0 radical (unpaired) electrons. The third kappa shape index (κ3) is 5.60. The van der Waals surface area contributed by atoms with Gasteiger partial charge in [0.05, 0.1) is 11.9 Å². The van der Waals surface area contributed by atoms with Gasteiger partial charge in [0.25, 0.3) is 0 Å². The molecule has 5 rings (SSSR count). The Balaban J connectivity index is 1.41. The molecule has 0 fully saturated rings. The van der Waals surface area contributed by atoms with Gasteiger partial charge in [0.15, 0.2) is 11.5 Å². The summed E-state index contributed by atoms with van der Waals surface area (Å²) in [5, 5.41) is 0. The second-order valence-electron chi connectivity index (χ2n) is 9.18. The molecule has 0 amide bonds. The molecular weight excluding hydrogens is 453 g/mol. The highest BCUT2D eigenvalue weighted by Crippen LogP contribution is 2.33. The molecule has 0 aliphatic carbocycles. The zero-order valence-electron chi connectivity index (χ0n) is 20.7. The molecule has 1 aliphatic rings. The molecule has 186 valence electrons. The number of imidazole rings is 1. The van der Waals surface area contributed by atoms with Gasteiger partial charge in [-0.3, -0.25) is 4.90 Å². The van der Waals surface area contributed by atoms with E-state index in [1.54, 1.807) is 6.07 Å². The highest BCUT2D eigenvalue weighted by molar-refractivity contribution is 5.56. The van der Waals surface area contributed by atoms with Crippen LogP contribution < -0.4 is 9.47 Å². The number of hydrogen-bond donors (Lipinski definition) is 0. The van der Waals surface area contributed by atoms with Crippen LogP contribution in [0.5, 0.6) is 11.5 Å². The van der Waals surface area contributed by atoms with Gasteiger partial charge in [-0.1, -0.05) is 67.9 Å². The Kier molecular flexibility index (Phi) is 7.62. The molecule has 0 N–H and O–H groups in total. The van der Waals surface area contributed by atoms with Gasteiger partial charge in [-0.05, 0) is 42.2 Å². The summed E-state index contributed by atoms with van der Waals surface area (Å²) in [5.41, 5.74) is 4.15. The average molecular weight is 486 g/mol. The van der Waals surface area contributed by atoms with Crippen molar-refractivity contribution in [1.82, 2.24) is 14.5 Å². The van der Waals surface area contributed by atoms with Gasteiger partial charge < -0.3 is 14.0 Å². The monoisotopic (exact) mass is 485 g/mol. The summed E-state index contributed by atoms with van der Waals surface area (Å²) in [5.74, 6) is 2.40. The predicted octanol–water partition coefficient (Wildman–Crippen LogP) is 6.46. The molecule has 0 spiro atoms. The molecule has 0 saturated carbocycles. The highest BCUT2D eigenvalue weighted by Gasteiger charge is 2.18. The number of aromatic nitrogens is 2. The lowest BCUT2D eigenvalue weighted by atomic mass is 10.1. The Labute approximate surface area is 212 Å². The van der Waals surface area contributed by atoms with Gasteiger partial charge in [0.2, 0.25) is 6.79 Å². The van der Waals surface area contributed by atoms with Gasteiger partial charge in [0, 0.05) is 31.7 Å². The van der Waals surface area contributed by atoms with Crippen molar-refractivity contribution in [2.24, 2.45) is 0 Å². The van der Waals surface area contributed by atoms with Gasteiger partial charge in [-0.25, -0.2) is 9.37 Å². The summed E-state index contributed by atoms with van der Waals surface area (Å²) in [6.45, 7) is 5.53. The lowest BCUT2D eigenvalue weighted by molar-refractivity contribution is 0.174. The first-order valence-electron chi connectivity index (χ1n) is 12.7. The fourth-order valence-corrected chi connectivity index (χ4v) is 4.64. The van der Waals surface area contributed by atoms with E-state index in [-0.39, 0.29) is 12.6 Å². The molecule has 1 aromatic heterocycles. The fraction of sp³-hybridized carbons (Fsp3) is 0.300. The molecule has 0 unspecified atom stereocenters. The van der Waals surface area contributed by atoms with E-state index in [1.165, 1.54) is 6.07 Å². The Bertz CT molecular complexity index is 1290. The number of ether oxygens (including phenoxy) is 2. The van der Waals surface area contributed by atoms with Crippen molar-refractivity contribution in [3.8, 4) is 22.9 Å². The molecular formula is C30H32FN3O2. The topological polar surface area (TPSA) is 39.5 Å². The molecule has 0 saturated heterocycles. The van der Waals surface area contributed by atoms with Crippen LogP contribution in [-0.2, 0) is 26.1 Å². The van der Waals surface area contributed by atoms with Crippen LogP contribution in [0.2, 0.25) is 0 Å². The van der Waals surface area contributed by atoms with Crippen LogP contribution in [0.4, 0.5) is 4.39 Å². The minimum absolute atomic E-state index is 0.153. The lowest BCUT2D eigenvalue weighted by Gasteiger charge is -2.24. The van der Waals surface area contributed by atoms with Gasteiger partial charge in [-0.2, -0.15) is 0 Å². The molecule has 6 heteroatoms. The van der Waals surface area contributed by atoms with Crippen LogP contribution in [0.3, 0.4) is 0 Å². The maximum Gasteiger partial charge on any atom is 0.231 e. The number of nitrogens with zero attached hydrogens (tertiary/aromatic N) is 3. The number of fused-ring (bicyclic) bond motifs is 1. The predicted molar refractivity (Wildman–Crippen MR) is 139 cm³/mol. The Hall–Kier alpha value is -3.64. The summed E-state index contributed by atoms with van der Waals surface area (Å²) in [6, 6.07) is 23.5. The van der Waals surface area contributed by atoms with Crippen LogP contribution >= 0.6 is 0 Å². The van der Waals surface area contributed by atoms with E-state index in [0.29, 0.717) is 19.5 Å². The quantitative estimate of drug-likeness (QED) is 0.244. The van der Waals surface area contributed by atoms with E-state index in [1.807, 2.05) is 48.7 Å². The van der Waals surface area contributed by atoms with Crippen molar-refractivity contribution in [2.45, 2.75) is 45.8 Å². The van der Waals surface area contributed by atoms with Crippen LogP contribution in [0.15, 0.2) is 79.0 Å².